The van der Waals surface area contributed by atoms with E-state index in [1.165, 1.54) is 25.7 Å². The van der Waals surface area contributed by atoms with Crippen LogP contribution in [0.25, 0.3) is 0 Å². The van der Waals surface area contributed by atoms with Gasteiger partial charge < -0.3 is 30.2 Å². The van der Waals surface area contributed by atoms with Gasteiger partial charge in [0.05, 0.1) is 5.97 Å². The van der Waals surface area contributed by atoms with Crippen molar-refractivity contribution < 1.29 is 93.6 Å². The molecule has 0 spiro atoms. The summed E-state index contributed by atoms with van der Waals surface area (Å²) < 4.78 is 0. The summed E-state index contributed by atoms with van der Waals surface area (Å²) in [6.07, 6.45) is 7.42. The first-order chi connectivity index (χ1) is 12.3. The Morgan fingerprint density at radius 3 is 1.71 bits per heavy atom. The predicted octanol–water partition coefficient (Wildman–Crippen LogP) is -6.78. The van der Waals surface area contributed by atoms with Crippen LogP contribution in [0.5, 0.6) is 0 Å². The second kappa shape index (κ2) is 19.0. The average molecular weight is 417 g/mol. The molecule has 0 fully saturated rings. The number of unbranched alkanes of at least 4 members (excludes halogenated alkanes) is 8. The van der Waals surface area contributed by atoms with Crippen molar-refractivity contribution in [3.05, 3.63) is 0 Å². The molecule has 8 nitrogen and oxygen atoms in total. The summed E-state index contributed by atoms with van der Waals surface area (Å²) >= 11 is 0. The van der Waals surface area contributed by atoms with Crippen LogP contribution in [0.2, 0.25) is 0 Å². The maximum Gasteiger partial charge on any atom is 1.00 e. The molecule has 10 heteroatoms. The maximum atomic E-state index is 12.3. The first kappa shape index (κ1) is 32.7. The first-order valence-electron chi connectivity index (χ1n) is 9.16. The molecule has 0 radical (unpaired) electrons. The molecule has 0 aliphatic heterocycles. The molecule has 0 aliphatic carbocycles. The van der Waals surface area contributed by atoms with E-state index in [-0.39, 0.29) is 65.5 Å². The van der Waals surface area contributed by atoms with Gasteiger partial charge in [0.25, 0.3) is 0 Å². The molecule has 0 saturated carbocycles. The number of amides is 1. The Hall–Kier alpha value is 0.0400. The van der Waals surface area contributed by atoms with Crippen LogP contribution < -0.4 is 74.6 Å². The molecule has 0 aromatic rings. The van der Waals surface area contributed by atoms with Gasteiger partial charge in [0.1, 0.15) is 12.1 Å². The van der Waals surface area contributed by atoms with Crippen molar-refractivity contribution in [3.63, 3.8) is 0 Å². The minimum Gasteiger partial charge on any atom is -0.550 e. The molecule has 150 valence electrons. The number of carbonyl (C=O) groups is 4. The Balaban J connectivity index is -0.00000312. The number of Topliss-reactive ketones (excluding diaryl/α,β-unsaturated/α-hetero) is 1. The number of aliphatic hydroxyl groups is 1. The monoisotopic (exact) mass is 417 g/mol. The van der Waals surface area contributed by atoms with Crippen molar-refractivity contribution in [1.29, 1.82) is 0 Å². The zero-order chi connectivity index (χ0) is 20.0. The summed E-state index contributed by atoms with van der Waals surface area (Å²) in [7, 11) is 0. The van der Waals surface area contributed by atoms with Crippen molar-refractivity contribution in [1.82, 2.24) is 5.32 Å². The van der Waals surface area contributed by atoms with Gasteiger partial charge in [-0.2, -0.15) is 0 Å². The van der Waals surface area contributed by atoms with Crippen molar-refractivity contribution in [2.24, 2.45) is 0 Å². The summed E-state index contributed by atoms with van der Waals surface area (Å²) in [6, 6.07) is 0. The molecule has 28 heavy (non-hydrogen) atoms. The molecule has 0 heterocycles. The molecule has 1 unspecified atom stereocenters. The third kappa shape index (κ3) is 13.3. The number of carboxylic acid groups (broad SMARTS) is 2. The number of carboxylic acids is 2. The van der Waals surface area contributed by atoms with Gasteiger partial charge in [-0.15, -0.1) is 0 Å². The molecule has 0 saturated heterocycles. The van der Waals surface area contributed by atoms with E-state index in [2.05, 4.69) is 6.92 Å². The van der Waals surface area contributed by atoms with E-state index < -0.39 is 42.2 Å². The van der Waals surface area contributed by atoms with Gasteiger partial charge in [-0.1, -0.05) is 58.3 Å². The number of hydrogen-bond acceptors (Lipinski definition) is 7. The topological polar surface area (TPSA) is 147 Å². The zero-order valence-electron chi connectivity index (χ0n) is 17.4. The van der Waals surface area contributed by atoms with Crippen LogP contribution in [0.1, 0.15) is 77.6 Å². The fourth-order valence-electron chi connectivity index (χ4n) is 2.75. The van der Waals surface area contributed by atoms with Crippen molar-refractivity contribution in [2.75, 3.05) is 6.61 Å². The second-order valence-electron chi connectivity index (χ2n) is 6.45. The number of rotatable bonds is 16. The van der Waals surface area contributed by atoms with Crippen LogP contribution in [0.3, 0.4) is 0 Å². The fraction of sp³-hybridized carbons (Fsp3) is 0.778. The van der Waals surface area contributed by atoms with Crippen LogP contribution in [0.4, 0.5) is 0 Å². The zero-order valence-corrected chi connectivity index (χ0v) is 21.4. The summed E-state index contributed by atoms with van der Waals surface area (Å²) in [4.78, 5) is 45.9. The number of nitrogens with one attached hydrogen (secondary N) is 1. The van der Waals surface area contributed by atoms with Crippen LogP contribution in [0, 0.1) is 0 Å². The third-order valence-electron chi connectivity index (χ3n) is 4.24. The smallest absolute Gasteiger partial charge is 0.550 e. The second-order valence-corrected chi connectivity index (χ2v) is 6.45. The van der Waals surface area contributed by atoms with E-state index in [0.717, 1.165) is 19.3 Å². The van der Waals surface area contributed by atoms with Gasteiger partial charge in [0.2, 0.25) is 5.91 Å². The molecular formula is C18H29NNa2O7. The number of aliphatic carboxylic acids is 2. The van der Waals surface area contributed by atoms with Crippen LogP contribution in [-0.4, -0.2) is 40.9 Å². The van der Waals surface area contributed by atoms with Gasteiger partial charge in [-0.05, 0) is 6.42 Å². The largest absolute Gasteiger partial charge is 1.00 e. The quantitative estimate of drug-likeness (QED) is 0.144. The normalized spacial score (nSPS) is 12.1. The van der Waals surface area contributed by atoms with E-state index >= 15 is 0 Å². The molecule has 1 atom stereocenters. The summed E-state index contributed by atoms with van der Waals surface area (Å²) in [5.74, 6) is -5.97. The average Bonchev–Trinajstić information content (AvgIpc) is 2.58. The summed E-state index contributed by atoms with van der Waals surface area (Å²) in [6.45, 7) is 1.07. The Kier molecular flexibility index (Phi) is 22.2. The van der Waals surface area contributed by atoms with Gasteiger partial charge in [-0.3, -0.25) is 9.59 Å². The number of hydrogen-bond donors (Lipinski definition) is 2. The Morgan fingerprint density at radius 1 is 0.857 bits per heavy atom. The molecule has 0 rings (SSSR count). The van der Waals surface area contributed by atoms with E-state index in [0.29, 0.717) is 12.8 Å². The van der Waals surface area contributed by atoms with Crippen molar-refractivity contribution in [2.45, 2.75) is 83.1 Å². The molecule has 0 bridgehead atoms. The number of aliphatic hydroxyl groups excluding tert-OH is 1. The van der Waals surface area contributed by atoms with E-state index in [1.807, 2.05) is 0 Å². The minimum absolute atomic E-state index is 0. The maximum absolute atomic E-state index is 12.3. The van der Waals surface area contributed by atoms with E-state index in [9.17, 15) is 29.4 Å². The van der Waals surface area contributed by atoms with Gasteiger partial charge in [0, 0.05) is 18.8 Å². The van der Waals surface area contributed by atoms with Gasteiger partial charge in [0.15, 0.2) is 5.78 Å². The van der Waals surface area contributed by atoms with E-state index in [4.69, 9.17) is 5.11 Å². The molecule has 0 aromatic heterocycles. The Labute approximate surface area is 210 Å². The fourth-order valence-corrected chi connectivity index (χ4v) is 2.75. The standard InChI is InChI=1S/C18H31NO7.2Na/c1-2-3-4-5-6-7-8-9-10-11-14(21)18(17(25)26,12-16(23)24)19-15(22)13-20;;/h20H,2-13H2,1H3,(H,19,22)(H,23,24)(H,25,26);;/q;2*+1/p-2. The predicted molar refractivity (Wildman–Crippen MR) is 89.4 cm³/mol. The van der Waals surface area contributed by atoms with Gasteiger partial charge in [-0.25, -0.2) is 0 Å². The van der Waals surface area contributed by atoms with Crippen LogP contribution in [-0.2, 0) is 19.2 Å². The molecule has 2 N–H and O–H groups in total. The minimum atomic E-state index is -2.71. The Bertz CT molecular complexity index is 489. The van der Waals surface area contributed by atoms with Crippen LogP contribution in [0.15, 0.2) is 0 Å². The van der Waals surface area contributed by atoms with Crippen molar-refractivity contribution in [3.8, 4) is 0 Å². The van der Waals surface area contributed by atoms with E-state index in [1.54, 1.807) is 5.32 Å². The summed E-state index contributed by atoms with van der Waals surface area (Å²) in [5.41, 5.74) is -2.71. The number of carbonyl (C=O) groups excluding carboxylic acids is 4. The number of ketones is 1. The van der Waals surface area contributed by atoms with Gasteiger partial charge >= 0.3 is 59.1 Å². The molecular weight excluding hydrogens is 388 g/mol. The third-order valence-corrected chi connectivity index (χ3v) is 4.24. The van der Waals surface area contributed by atoms with Crippen molar-refractivity contribution >= 4 is 23.6 Å². The first-order valence-corrected chi connectivity index (χ1v) is 9.16. The molecule has 0 aliphatic rings. The Morgan fingerprint density at radius 2 is 1.32 bits per heavy atom. The summed E-state index contributed by atoms with van der Waals surface area (Å²) in [5, 5.41) is 32.8. The molecule has 1 amide bonds. The SMILES string of the molecule is CCCCCCCCCCCC(=O)C(CC(=O)[O-])(NC(=O)CO)C(=O)[O-].[Na+].[Na+]. The van der Waals surface area contributed by atoms with Crippen LogP contribution >= 0.6 is 0 Å². The molecule has 0 aromatic carbocycles.